The molecule has 2 fully saturated rings. The summed E-state index contributed by atoms with van der Waals surface area (Å²) < 4.78 is 27.5. The molecule has 10 heteroatoms. The molecule has 1 unspecified atom stereocenters. The third-order valence-corrected chi connectivity index (χ3v) is 9.62. The lowest BCUT2D eigenvalue weighted by molar-refractivity contribution is -0.122. The molecule has 33 heavy (non-hydrogen) atoms. The van der Waals surface area contributed by atoms with Crippen LogP contribution in [0.3, 0.4) is 0 Å². The van der Waals surface area contributed by atoms with E-state index in [1.54, 1.807) is 16.4 Å². The number of nitrogens with one attached hydrogen (secondary N) is 1. The van der Waals surface area contributed by atoms with Crippen LogP contribution in [-0.4, -0.2) is 55.1 Å². The van der Waals surface area contributed by atoms with Gasteiger partial charge in [0.25, 0.3) is 10.0 Å². The molecule has 1 aromatic carbocycles. The number of thiophene rings is 1. The number of sulfonamides is 1. The second-order valence-electron chi connectivity index (χ2n) is 8.64. The van der Waals surface area contributed by atoms with Crippen molar-refractivity contribution < 1.29 is 18.0 Å². The zero-order valence-corrected chi connectivity index (χ0v) is 20.2. The molecular weight excluding hydrogens is 460 g/mol. The molecule has 2 saturated heterocycles. The number of hydrogen-bond acceptors (Lipinski definition) is 6. The first kappa shape index (κ1) is 23.9. The van der Waals surface area contributed by atoms with Crippen molar-refractivity contribution in [3.05, 3.63) is 46.8 Å². The first-order chi connectivity index (χ1) is 15.8. The molecule has 1 atom stereocenters. The van der Waals surface area contributed by atoms with Crippen molar-refractivity contribution >= 4 is 38.9 Å². The number of piperidine rings is 1. The fourth-order valence-corrected chi connectivity index (χ4v) is 7.53. The summed E-state index contributed by atoms with van der Waals surface area (Å²) >= 11 is 1.16. The highest BCUT2D eigenvalue weighted by Gasteiger charge is 2.29. The highest BCUT2D eigenvalue weighted by Crippen LogP contribution is 2.28. The van der Waals surface area contributed by atoms with Gasteiger partial charge in [-0.15, -0.1) is 11.3 Å². The molecule has 3 N–H and O–H groups in total. The molecule has 0 aliphatic carbocycles. The highest BCUT2D eigenvalue weighted by atomic mass is 32.2. The van der Waals surface area contributed by atoms with E-state index in [-0.39, 0.29) is 24.3 Å². The van der Waals surface area contributed by atoms with Gasteiger partial charge in [-0.1, -0.05) is 18.6 Å². The summed E-state index contributed by atoms with van der Waals surface area (Å²) in [6, 6.07) is 10.6. The van der Waals surface area contributed by atoms with E-state index in [1.807, 2.05) is 24.3 Å². The van der Waals surface area contributed by atoms with Crippen molar-refractivity contribution in [2.24, 2.45) is 5.73 Å². The molecule has 8 nitrogen and oxygen atoms in total. The van der Waals surface area contributed by atoms with Crippen LogP contribution < -0.4 is 11.1 Å². The number of carbonyl (C=O) groups excluding carboxylic acids is 2. The Balaban J connectivity index is 1.36. The van der Waals surface area contributed by atoms with Gasteiger partial charge in [-0.25, -0.2) is 8.42 Å². The van der Waals surface area contributed by atoms with Crippen LogP contribution in [0.5, 0.6) is 0 Å². The quantitative estimate of drug-likeness (QED) is 0.591. The van der Waals surface area contributed by atoms with Crippen LogP contribution in [-0.2, 0) is 32.6 Å². The maximum absolute atomic E-state index is 12.8. The lowest BCUT2D eigenvalue weighted by atomic mass is 10.1. The van der Waals surface area contributed by atoms with E-state index >= 15 is 0 Å². The molecule has 0 saturated carbocycles. The molecule has 178 valence electrons. The van der Waals surface area contributed by atoms with E-state index in [2.05, 4.69) is 10.2 Å². The summed E-state index contributed by atoms with van der Waals surface area (Å²) in [7, 11) is -3.48. The number of primary amides is 1. The molecule has 0 radical (unpaired) electrons. The van der Waals surface area contributed by atoms with E-state index < -0.39 is 10.0 Å². The summed E-state index contributed by atoms with van der Waals surface area (Å²) in [5, 5.41) is 2.90. The zero-order chi connectivity index (χ0) is 23.4. The summed E-state index contributed by atoms with van der Waals surface area (Å²) in [6.07, 6.45) is 4.68. The number of rotatable bonds is 8. The lowest BCUT2D eigenvalue weighted by Crippen LogP contribution is -2.39. The average Bonchev–Trinajstić information content (AvgIpc) is 3.44. The van der Waals surface area contributed by atoms with Gasteiger partial charge in [-0.2, -0.15) is 4.31 Å². The van der Waals surface area contributed by atoms with E-state index in [4.69, 9.17) is 5.73 Å². The largest absolute Gasteiger partial charge is 0.368 e. The maximum Gasteiger partial charge on any atom is 0.252 e. The van der Waals surface area contributed by atoms with Crippen LogP contribution >= 0.6 is 11.3 Å². The second-order valence-corrected chi connectivity index (χ2v) is 12.0. The van der Waals surface area contributed by atoms with E-state index in [0.29, 0.717) is 34.4 Å². The molecule has 3 heterocycles. The van der Waals surface area contributed by atoms with Crippen molar-refractivity contribution in [1.82, 2.24) is 9.21 Å². The van der Waals surface area contributed by atoms with Crippen LogP contribution in [0.1, 0.15) is 42.5 Å². The minimum Gasteiger partial charge on any atom is -0.368 e. The Hall–Kier alpha value is -2.27. The molecule has 0 spiro atoms. The zero-order valence-electron chi connectivity index (χ0n) is 18.5. The Morgan fingerprint density at radius 1 is 1.06 bits per heavy atom. The number of amides is 2. The van der Waals surface area contributed by atoms with E-state index in [9.17, 15) is 18.0 Å². The Bertz CT molecular complexity index is 1110. The van der Waals surface area contributed by atoms with Gasteiger partial charge in [0.15, 0.2) is 0 Å². The third-order valence-electron chi connectivity index (χ3n) is 6.17. The van der Waals surface area contributed by atoms with Crippen LogP contribution in [0.25, 0.3) is 0 Å². The normalized spacial score (nSPS) is 20.1. The Labute approximate surface area is 198 Å². The van der Waals surface area contributed by atoms with Gasteiger partial charge in [0.2, 0.25) is 11.8 Å². The fourth-order valence-electron chi connectivity index (χ4n) is 4.51. The first-order valence-electron chi connectivity index (χ1n) is 11.3. The number of benzene rings is 1. The van der Waals surface area contributed by atoms with E-state index in [0.717, 1.165) is 55.5 Å². The predicted molar refractivity (Wildman–Crippen MR) is 128 cm³/mol. The lowest BCUT2D eigenvalue weighted by Gasteiger charge is -2.25. The van der Waals surface area contributed by atoms with Gasteiger partial charge >= 0.3 is 0 Å². The summed E-state index contributed by atoms with van der Waals surface area (Å²) in [6.45, 7) is 2.54. The summed E-state index contributed by atoms with van der Waals surface area (Å²) in [4.78, 5) is 27.0. The van der Waals surface area contributed by atoms with Gasteiger partial charge in [0.05, 0.1) is 12.5 Å². The van der Waals surface area contributed by atoms with Crippen LogP contribution in [0.15, 0.2) is 40.6 Å². The van der Waals surface area contributed by atoms with Crippen molar-refractivity contribution in [2.45, 2.75) is 55.3 Å². The third kappa shape index (κ3) is 5.81. The topological polar surface area (TPSA) is 113 Å². The van der Waals surface area contributed by atoms with Crippen molar-refractivity contribution in [2.75, 3.05) is 25.0 Å². The predicted octanol–water partition coefficient (Wildman–Crippen LogP) is 2.55. The monoisotopic (exact) mass is 490 g/mol. The van der Waals surface area contributed by atoms with Crippen molar-refractivity contribution in [1.29, 1.82) is 0 Å². The second kappa shape index (κ2) is 10.3. The smallest absolute Gasteiger partial charge is 0.252 e. The van der Waals surface area contributed by atoms with Crippen molar-refractivity contribution in [3.63, 3.8) is 0 Å². The van der Waals surface area contributed by atoms with Gasteiger partial charge in [-0.3, -0.25) is 14.5 Å². The van der Waals surface area contributed by atoms with Crippen LogP contribution in [0.4, 0.5) is 5.69 Å². The van der Waals surface area contributed by atoms with Gasteiger partial charge in [0, 0.05) is 30.2 Å². The van der Waals surface area contributed by atoms with Crippen LogP contribution in [0, 0.1) is 0 Å². The maximum atomic E-state index is 12.8. The molecule has 2 amide bonds. The summed E-state index contributed by atoms with van der Waals surface area (Å²) in [5.41, 5.74) is 7.17. The summed E-state index contributed by atoms with van der Waals surface area (Å²) in [5.74, 6) is -0.498. The minimum absolute atomic E-state index is 0.111. The number of nitrogens with two attached hydrogens (primary N) is 1. The SMILES string of the molecule is NC(=O)C1CCCN1Cc1cccc(NC(=O)Cc2ccc(S(=O)(=O)N3CCCCC3)s2)c1. The number of nitrogens with zero attached hydrogens (tertiary/aromatic N) is 2. The molecule has 1 aromatic heterocycles. The highest BCUT2D eigenvalue weighted by molar-refractivity contribution is 7.91. The molecule has 2 aliphatic rings. The number of anilines is 1. The molecule has 0 bridgehead atoms. The number of carbonyl (C=O) groups is 2. The molecule has 4 rings (SSSR count). The molecule has 2 aromatic rings. The van der Waals surface area contributed by atoms with Gasteiger partial charge in [0.1, 0.15) is 4.21 Å². The average molecular weight is 491 g/mol. The van der Waals surface area contributed by atoms with E-state index in [1.165, 1.54) is 0 Å². The van der Waals surface area contributed by atoms with Gasteiger partial charge < -0.3 is 11.1 Å². The Morgan fingerprint density at radius 2 is 1.85 bits per heavy atom. The van der Waals surface area contributed by atoms with Gasteiger partial charge in [-0.05, 0) is 62.1 Å². The Kier molecular flexibility index (Phi) is 7.48. The number of hydrogen-bond donors (Lipinski definition) is 2. The Morgan fingerprint density at radius 3 is 2.61 bits per heavy atom. The van der Waals surface area contributed by atoms with Crippen molar-refractivity contribution in [3.8, 4) is 0 Å². The van der Waals surface area contributed by atoms with Crippen LogP contribution in [0.2, 0.25) is 0 Å². The molecule has 2 aliphatic heterocycles. The molecular formula is C23H30N4O4S2. The first-order valence-corrected chi connectivity index (χ1v) is 13.6. The number of likely N-dealkylation sites (tertiary alicyclic amines) is 1. The fraction of sp³-hybridized carbons (Fsp3) is 0.478. The standard InChI is InChI=1S/C23H30N4O4S2/c24-23(29)20-8-5-11-26(20)16-17-6-4-7-18(14-17)25-21(28)15-19-9-10-22(32-19)33(30,31)27-12-2-1-3-13-27/h4,6-7,9-10,14,20H,1-3,5,8,11-13,15-16H2,(H2,24,29)(H,25,28). The minimum atomic E-state index is -3.48.